The van der Waals surface area contributed by atoms with Gasteiger partial charge in [0.1, 0.15) is 11.8 Å². The molecule has 0 aliphatic carbocycles. The summed E-state index contributed by atoms with van der Waals surface area (Å²) < 4.78 is 0. The number of imide groups is 4. The minimum absolute atomic E-state index is 0.0990. The van der Waals surface area contributed by atoms with Gasteiger partial charge in [-0.25, -0.2) is 9.59 Å². The first-order valence-electron chi connectivity index (χ1n) is 6.98. The molecular formula is C13H18N4O6. The van der Waals surface area contributed by atoms with Crippen LogP contribution < -0.4 is 21.3 Å². The zero-order valence-corrected chi connectivity index (χ0v) is 12.9. The van der Waals surface area contributed by atoms with E-state index in [9.17, 15) is 28.8 Å². The molecule has 0 radical (unpaired) electrons. The summed E-state index contributed by atoms with van der Waals surface area (Å²) >= 11 is 0. The van der Waals surface area contributed by atoms with E-state index >= 15 is 0 Å². The molecule has 2 aliphatic rings. The van der Waals surface area contributed by atoms with Crippen molar-refractivity contribution in [2.75, 3.05) is 0 Å². The minimum atomic E-state index is -0.748. The van der Waals surface area contributed by atoms with E-state index in [1.807, 2.05) is 21.3 Å². The number of hydrogen-bond donors (Lipinski definition) is 4. The fraction of sp³-hybridized carbons (Fsp3) is 0.538. The van der Waals surface area contributed by atoms with Gasteiger partial charge in [-0.2, -0.15) is 0 Å². The van der Waals surface area contributed by atoms with E-state index in [-0.39, 0.29) is 5.92 Å². The van der Waals surface area contributed by atoms with Gasteiger partial charge in [-0.15, -0.1) is 0 Å². The van der Waals surface area contributed by atoms with Gasteiger partial charge in [-0.05, 0) is 12.3 Å². The monoisotopic (exact) mass is 326 g/mol. The molecule has 0 atom stereocenters. The number of hydrogen-bond acceptors (Lipinski definition) is 6. The number of rotatable bonds is 2. The lowest BCUT2D eigenvalue weighted by Gasteiger charge is -2.22. The molecule has 2 saturated heterocycles. The van der Waals surface area contributed by atoms with E-state index in [4.69, 9.17) is 0 Å². The van der Waals surface area contributed by atoms with E-state index in [1.54, 1.807) is 20.8 Å². The first-order chi connectivity index (χ1) is 10.7. The van der Waals surface area contributed by atoms with Gasteiger partial charge in [-0.3, -0.25) is 40.4 Å². The number of nitrogens with one attached hydrogen (secondary N) is 4. The van der Waals surface area contributed by atoms with Gasteiger partial charge >= 0.3 is 12.1 Å². The molecule has 0 aromatic carbocycles. The van der Waals surface area contributed by atoms with Crippen molar-refractivity contribution in [1.82, 2.24) is 21.3 Å². The number of carbonyl (C=O) groups is 6. The molecule has 10 heteroatoms. The molecule has 2 heterocycles. The first-order valence-corrected chi connectivity index (χ1v) is 6.98. The van der Waals surface area contributed by atoms with Crippen LogP contribution in [0.5, 0.6) is 0 Å². The fourth-order valence-electron chi connectivity index (χ4n) is 2.05. The Labute approximate surface area is 131 Å². The molecular weight excluding hydrogens is 308 g/mol. The van der Waals surface area contributed by atoms with Crippen molar-refractivity contribution in [3.8, 4) is 0 Å². The average molecular weight is 326 g/mol. The van der Waals surface area contributed by atoms with Crippen molar-refractivity contribution in [3.05, 3.63) is 0 Å². The Balaban J connectivity index is 0.000000231. The van der Waals surface area contributed by atoms with Gasteiger partial charge in [0, 0.05) is 0 Å². The highest BCUT2D eigenvalue weighted by Crippen LogP contribution is 2.13. The predicted molar refractivity (Wildman–Crippen MR) is 75.5 cm³/mol. The second kappa shape index (κ2) is 7.47. The Morgan fingerprint density at radius 2 is 1.09 bits per heavy atom. The zero-order valence-electron chi connectivity index (χ0n) is 12.9. The maximum atomic E-state index is 11.1. The van der Waals surface area contributed by atoms with Gasteiger partial charge in [0.15, 0.2) is 0 Å². The van der Waals surface area contributed by atoms with Crippen LogP contribution in [0, 0.1) is 17.8 Å². The summed E-state index contributed by atoms with van der Waals surface area (Å²) in [4.78, 5) is 64.9. The van der Waals surface area contributed by atoms with Crippen LogP contribution in [0.3, 0.4) is 0 Å². The fourth-order valence-corrected chi connectivity index (χ4v) is 2.05. The first kappa shape index (κ1) is 18.3. The molecule has 8 amide bonds. The van der Waals surface area contributed by atoms with E-state index in [0.717, 1.165) is 0 Å². The van der Waals surface area contributed by atoms with Crippen LogP contribution in [0.4, 0.5) is 9.59 Å². The highest BCUT2D eigenvalue weighted by atomic mass is 16.2. The molecule has 10 nitrogen and oxygen atoms in total. The molecule has 0 saturated carbocycles. The molecule has 2 rings (SSSR count). The number of amides is 8. The molecule has 0 aromatic heterocycles. The summed E-state index contributed by atoms with van der Waals surface area (Å²) in [6, 6.07) is -1.47. The third-order valence-corrected chi connectivity index (χ3v) is 3.22. The van der Waals surface area contributed by atoms with Crippen LogP contribution in [0.25, 0.3) is 0 Å². The van der Waals surface area contributed by atoms with Gasteiger partial charge < -0.3 is 0 Å². The molecule has 2 aliphatic heterocycles. The lowest BCUT2D eigenvalue weighted by molar-refractivity contribution is -0.138. The molecule has 0 spiro atoms. The van der Waals surface area contributed by atoms with Gasteiger partial charge in [0.2, 0.25) is 23.6 Å². The maximum absolute atomic E-state index is 11.1. The normalized spacial score (nSPS) is 19.5. The Hall–Kier alpha value is -2.78. The number of carbonyl (C=O) groups excluding carboxylic acids is 6. The summed E-state index contributed by atoms with van der Waals surface area (Å²) in [7, 11) is 0. The predicted octanol–water partition coefficient (Wildman–Crippen LogP) is -0.997. The Kier molecular flexibility index (Phi) is 5.94. The topological polar surface area (TPSA) is 151 Å². The van der Waals surface area contributed by atoms with Crippen LogP contribution in [0.1, 0.15) is 27.2 Å². The molecule has 4 N–H and O–H groups in total. The minimum Gasteiger partial charge on any atom is -0.277 e. The van der Waals surface area contributed by atoms with E-state index in [1.165, 1.54) is 0 Å². The smallest absolute Gasteiger partial charge is 0.277 e. The van der Waals surface area contributed by atoms with Crippen molar-refractivity contribution in [2.45, 2.75) is 27.2 Å². The van der Waals surface area contributed by atoms with Crippen molar-refractivity contribution >= 4 is 35.7 Å². The highest BCUT2D eigenvalue weighted by molar-refractivity contribution is 6.16. The quantitative estimate of drug-likeness (QED) is 0.478. The second-order valence-electron chi connectivity index (χ2n) is 5.30. The summed E-state index contributed by atoms with van der Waals surface area (Å²) in [5.74, 6) is -3.62. The number of barbiturate groups is 2. The van der Waals surface area contributed by atoms with Crippen LogP contribution >= 0.6 is 0 Å². The summed E-state index contributed by atoms with van der Waals surface area (Å²) in [6.45, 7) is 5.21. The molecule has 0 unspecified atom stereocenters. The lowest BCUT2D eigenvalue weighted by Crippen LogP contribution is -2.57. The maximum Gasteiger partial charge on any atom is 0.328 e. The van der Waals surface area contributed by atoms with Crippen molar-refractivity contribution < 1.29 is 28.8 Å². The SMILES string of the molecule is CC(C)C1C(=O)NC(=O)NC1=O.CCC1C(=O)NC(=O)NC1=O. The second-order valence-corrected chi connectivity index (χ2v) is 5.30. The lowest BCUT2D eigenvalue weighted by atomic mass is 9.93. The van der Waals surface area contributed by atoms with Crippen LogP contribution in [0.15, 0.2) is 0 Å². The summed E-state index contributed by atoms with van der Waals surface area (Å²) in [5, 5.41) is 8.06. The molecule has 126 valence electrons. The standard InChI is InChI=1S/C7H10N2O3.C6H8N2O3/c1-3(2)4-5(10)8-7(12)9-6(4)11;1-2-3-4(9)7-6(11)8-5(3)10/h3-4H,1-2H3,(H2,8,9,10,11,12);3H,2H2,1H3,(H2,7,8,9,10,11). The van der Waals surface area contributed by atoms with E-state index in [2.05, 4.69) is 0 Å². The average Bonchev–Trinajstić information content (AvgIpc) is 2.36. The Morgan fingerprint density at radius 1 is 0.739 bits per heavy atom. The molecule has 2 fully saturated rings. The van der Waals surface area contributed by atoms with Crippen LogP contribution in [0.2, 0.25) is 0 Å². The molecule has 0 aromatic rings. The highest BCUT2D eigenvalue weighted by Gasteiger charge is 2.36. The molecule has 23 heavy (non-hydrogen) atoms. The van der Waals surface area contributed by atoms with Gasteiger partial charge in [0.05, 0.1) is 0 Å². The zero-order chi connectivity index (χ0) is 17.7. The summed E-state index contributed by atoms with van der Waals surface area (Å²) in [5.41, 5.74) is 0. The Morgan fingerprint density at radius 3 is 1.39 bits per heavy atom. The van der Waals surface area contributed by atoms with E-state index < -0.39 is 47.5 Å². The molecule has 0 bridgehead atoms. The van der Waals surface area contributed by atoms with Gasteiger partial charge in [-0.1, -0.05) is 20.8 Å². The largest absolute Gasteiger partial charge is 0.328 e. The number of urea groups is 2. The van der Waals surface area contributed by atoms with Gasteiger partial charge in [0.25, 0.3) is 0 Å². The Bertz CT molecular complexity index is 531. The van der Waals surface area contributed by atoms with Crippen molar-refractivity contribution in [2.24, 2.45) is 17.8 Å². The van der Waals surface area contributed by atoms with Crippen molar-refractivity contribution in [1.29, 1.82) is 0 Å². The third-order valence-electron chi connectivity index (χ3n) is 3.22. The van der Waals surface area contributed by atoms with E-state index in [0.29, 0.717) is 6.42 Å². The third kappa shape index (κ3) is 4.59. The van der Waals surface area contributed by atoms with Crippen molar-refractivity contribution in [3.63, 3.8) is 0 Å². The summed E-state index contributed by atoms with van der Waals surface area (Å²) in [6.07, 6.45) is 0.408. The van der Waals surface area contributed by atoms with Crippen LogP contribution in [-0.2, 0) is 19.2 Å². The van der Waals surface area contributed by atoms with Crippen LogP contribution in [-0.4, -0.2) is 35.7 Å².